The summed E-state index contributed by atoms with van der Waals surface area (Å²) < 4.78 is 5.52. The highest BCUT2D eigenvalue weighted by Gasteiger charge is 2.13. The van der Waals surface area contributed by atoms with Crippen LogP contribution >= 0.6 is 11.6 Å². The molecule has 4 heteroatoms. The first kappa shape index (κ1) is 12.3. The highest BCUT2D eigenvalue weighted by molar-refractivity contribution is 6.33. The van der Waals surface area contributed by atoms with Gasteiger partial charge in [0.25, 0.3) is 0 Å². The number of nitrogens with zero attached hydrogens (tertiary/aromatic N) is 2. The summed E-state index contributed by atoms with van der Waals surface area (Å²) in [4.78, 5) is 6.13. The van der Waals surface area contributed by atoms with E-state index in [-0.39, 0.29) is 0 Å². The van der Waals surface area contributed by atoms with Gasteiger partial charge in [-0.25, -0.2) is 0 Å². The zero-order valence-corrected chi connectivity index (χ0v) is 11.5. The molecule has 3 nitrogen and oxygen atoms in total. The number of anilines is 1. The molecule has 0 saturated carbocycles. The normalized spacial score (nSPS) is 12.9. The maximum absolute atomic E-state index is 6.15. The van der Waals surface area contributed by atoms with Crippen molar-refractivity contribution in [2.45, 2.75) is 13.0 Å². The molecule has 0 N–H and O–H groups in total. The van der Waals surface area contributed by atoms with E-state index in [4.69, 9.17) is 16.3 Å². The molecule has 0 radical (unpaired) electrons. The number of rotatable bonds is 3. The molecule has 19 heavy (non-hydrogen) atoms. The molecule has 1 aromatic heterocycles. The number of pyridine rings is 1. The average molecular weight is 275 g/mol. The highest BCUT2D eigenvalue weighted by atomic mass is 35.5. The van der Waals surface area contributed by atoms with Crippen LogP contribution in [0.3, 0.4) is 0 Å². The predicted octanol–water partition coefficient (Wildman–Crippen LogP) is 3.31. The van der Waals surface area contributed by atoms with Gasteiger partial charge in [-0.1, -0.05) is 23.7 Å². The predicted molar refractivity (Wildman–Crippen MR) is 77.0 cm³/mol. The topological polar surface area (TPSA) is 25.4 Å². The minimum absolute atomic E-state index is 0.675. The largest absolute Gasteiger partial charge is 0.493 e. The molecule has 1 aliphatic heterocycles. The fourth-order valence-electron chi connectivity index (χ4n) is 2.37. The van der Waals surface area contributed by atoms with Crippen LogP contribution in [0.5, 0.6) is 5.75 Å². The van der Waals surface area contributed by atoms with Crippen LogP contribution in [0.15, 0.2) is 36.7 Å². The molecular formula is C15H15ClN2O. The molecule has 0 amide bonds. The number of halogens is 1. The third-order valence-electron chi connectivity index (χ3n) is 3.34. The SMILES string of the molecule is CN(Cc1ccc2c(c1)CCO2)c1ccncc1Cl. The Morgan fingerprint density at radius 2 is 2.26 bits per heavy atom. The van der Waals surface area contributed by atoms with Gasteiger partial charge in [-0.3, -0.25) is 4.98 Å². The van der Waals surface area contributed by atoms with Crippen molar-refractivity contribution in [1.29, 1.82) is 0 Å². The van der Waals surface area contributed by atoms with Gasteiger partial charge in [0.05, 0.1) is 17.3 Å². The molecule has 2 heterocycles. The zero-order chi connectivity index (χ0) is 13.2. The summed E-state index contributed by atoms with van der Waals surface area (Å²) in [5, 5.41) is 0.675. The van der Waals surface area contributed by atoms with Crippen LogP contribution in [0.25, 0.3) is 0 Å². The first-order valence-corrected chi connectivity index (χ1v) is 6.67. The molecule has 0 saturated heterocycles. The Bertz CT molecular complexity index is 600. The molecule has 2 aromatic rings. The van der Waals surface area contributed by atoms with E-state index in [0.717, 1.165) is 31.0 Å². The van der Waals surface area contributed by atoms with Crippen LogP contribution in [0, 0.1) is 0 Å². The second-order valence-electron chi connectivity index (χ2n) is 4.72. The van der Waals surface area contributed by atoms with E-state index in [1.165, 1.54) is 11.1 Å². The molecule has 98 valence electrons. The summed E-state index contributed by atoms with van der Waals surface area (Å²) in [7, 11) is 2.03. The Balaban J connectivity index is 1.80. The second-order valence-corrected chi connectivity index (χ2v) is 5.13. The molecule has 0 bridgehead atoms. The van der Waals surface area contributed by atoms with Crippen LogP contribution in [0.4, 0.5) is 5.69 Å². The van der Waals surface area contributed by atoms with Crippen molar-refractivity contribution in [1.82, 2.24) is 4.98 Å². The third-order valence-corrected chi connectivity index (χ3v) is 3.63. The number of aromatic nitrogens is 1. The lowest BCUT2D eigenvalue weighted by molar-refractivity contribution is 0.357. The third kappa shape index (κ3) is 2.51. The van der Waals surface area contributed by atoms with Crippen molar-refractivity contribution < 1.29 is 4.74 Å². The Labute approximate surface area is 117 Å². The van der Waals surface area contributed by atoms with Gasteiger partial charge in [0.15, 0.2) is 0 Å². The van der Waals surface area contributed by atoms with E-state index in [9.17, 15) is 0 Å². The number of hydrogen-bond donors (Lipinski definition) is 0. The monoisotopic (exact) mass is 274 g/mol. The molecule has 0 atom stereocenters. The molecule has 0 unspecified atom stereocenters. The Hall–Kier alpha value is -1.74. The van der Waals surface area contributed by atoms with Crippen molar-refractivity contribution >= 4 is 17.3 Å². The van der Waals surface area contributed by atoms with Crippen molar-refractivity contribution in [2.75, 3.05) is 18.6 Å². The average Bonchev–Trinajstić information content (AvgIpc) is 2.86. The lowest BCUT2D eigenvalue weighted by atomic mass is 10.1. The van der Waals surface area contributed by atoms with E-state index in [0.29, 0.717) is 5.02 Å². The Kier molecular flexibility index (Phi) is 3.30. The minimum Gasteiger partial charge on any atom is -0.493 e. The minimum atomic E-state index is 0.675. The standard InChI is InChI=1S/C15H15ClN2O/c1-18(14-4-6-17-9-13(14)16)10-11-2-3-15-12(8-11)5-7-19-15/h2-4,6,8-9H,5,7,10H2,1H3. The van der Waals surface area contributed by atoms with Crippen LogP contribution in [0.2, 0.25) is 5.02 Å². The van der Waals surface area contributed by atoms with Crippen LogP contribution in [0.1, 0.15) is 11.1 Å². The van der Waals surface area contributed by atoms with E-state index in [1.54, 1.807) is 12.4 Å². The summed E-state index contributed by atoms with van der Waals surface area (Å²) in [6.07, 6.45) is 4.43. The summed E-state index contributed by atoms with van der Waals surface area (Å²) >= 11 is 6.15. The first-order valence-electron chi connectivity index (χ1n) is 6.29. The summed E-state index contributed by atoms with van der Waals surface area (Å²) in [5.41, 5.74) is 3.56. The number of fused-ring (bicyclic) bond motifs is 1. The van der Waals surface area contributed by atoms with Crippen molar-refractivity contribution in [3.63, 3.8) is 0 Å². The first-order chi connectivity index (χ1) is 9.24. The Morgan fingerprint density at radius 1 is 1.37 bits per heavy atom. The highest BCUT2D eigenvalue weighted by Crippen LogP contribution is 2.28. The van der Waals surface area contributed by atoms with Crippen LogP contribution < -0.4 is 9.64 Å². The summed E-state index contributed by atoms with van der Waals surface area (Å²) in [6, 6.07) is 8.31. The van der Waals surface area contributed by atoms with Gasteiger partial charge in [-0.15, -0.1) is 0 Å². The van der Waals surface area contributed by atoms with Crippen LogP contribution in [-0.4, -0.2) is 18.6 Å². The van der Waals surface area contributed by atoms with Gasteiger partial charge in [-0.2, -0.15) is 0 Å². The zero-order valence-electron chi connectivity index (χ0n) is 10.8. The fraction of sp³-hybridized carbons (Fsp3) is 0.267. The van der Waals surface area contributed by atoms with Gasteiger partial charge in [0, 0.05) is 32.4 Å². The maximum Gasteiger partial charge on any atom is 0.122 e. The Morgan fingerprint density at radius 3 is 3.11 bits per heavy atom. The van der Waals surface area contributed by atoms with Crippen molar-refractivity contribution in [3.8, 4) is 5.75 Å². The molecule has 1 aromatic carbocycles. The van der Waals surface area contributed by atoms with E-state index in [1.807, 2.05) is 13.1 Å². The summed E-state index contributed by atoms with van der Waals surface area (Å²) in [6.45, 7) is 1.61. The maximum atomic E-state index is 6.15. The van der Waals surface area contributed by atoms with Crippen LogP contribution in [-0.2, 0) is 13.0 Å². The van der Waals surface area contributed by atoms with E-state index < -0.39 is 0 Å². The van der Waals surface area contributed by atoms with Crippen molar-refractivity contribution in [2.24, 2.45) is 0 Å². The van der Waals surface area contributed by atoms with Gasteiger partial charge in [0.1, 0.15) is 5.75 Å². The smallest absolute Gasteiger partial charge is 0.122 e. The van der Waals surface area contributed by atoms with Gasteiger partial charge >= 0.3 is 0 Å². The van der Waals surface area contributed by atoms with E-state index >= 15 is 0 Å². The van der Waals surface area contributed by atoms with E-state index in [2.05, 4.69) is 28.1 Å². The molecule has 0 spiro atoms. The molecule has 0 fully saturated rings. The van der Waals surface area contributed by atoms with Gasteiger partial charge in [-0.05, 0) is 23.3 Å². The number of ether oxygens (including phenoxy) is 1. The molecular weight excluding hydrogens is 260 g/mol. The number of hydrogen-bond acceptors (Lipinski definition) is 3. The molecule has 0 aliphatic carbocycles. The second kappa shape index (κ2) is 5.10. The summed E-state index contributed by atoms with van der Waals surface area (Å²) in [5.74, 6) is 1.02. The lowest BCUT2D eigenvalue weighted by Crippen LogP contribution is -2.16. The van der Waals surface area contributed by atoms with Gasteiger partial charge in [0.2, 0.25) is 0 Å². The fourth-order valence-corrected chi connectivity index (χ4v) is 2.64. The molecule has 1 aliphatic rings. The number of benzene rings is 1. The quantitative estimate of drug-likeness (QED) is 0.859. The van der Waals surface area contributed by atoms with Gasteiger partial charge < -0.3 is 9.64 Å². The molecule has 3 rings (SSSR count). The lowest BCUT2D eigenvalue weighted by Gasteiger charge is -2.20. The van der Waals surface area contributed by atoms with Crippen molar-refractivity contribution in [3.05, 3.63) is 52.8 Å².